The van der Waals surface area contributed by atoms with E-state index in [9.17, 15) is 4.79 Å². The standard InChI is InChI=1S/C12H11Cl2N3O2/c1-3-19-12(18)10-15-11(17(2)16-10)7-4-8(13)6-9(14)5-7/h4-6H,3H2,1-2H3. The Kier molecular flexibility index (Phi) is 4.07. The number of benzene rings is 1. The summed E-state index contributed by atoms with van der Waals surface area (Å²) >= 11 is 11.9. The van der Waals surface area contributed by atoms with Crippen LogP contribution in [0.2, 0.25) is 10.0 Å². The van der Waals surface area contributed by atoms with E-state index < -0.39 is 5.97 Å². The van der Waals surface area contributed by atoms with E-state index in [0.717, 1.165) is 0 Å². The van der Waals surface area contributed by atoms with Crippen LogP contribution in [-0.4, -0.2) is 27.3 Å². The topological polar surface area (TPSA) is 57.0 Å². The summed E-state index contributed by atoms with van der Waals surface area (Å²) in [7, 11) is 1.68. The van der Waals surface area contributed by atoms with Gasteiger partial charge in [-0.2, -0.15) is 0 Å². The number of esters is 1. The summed E-state index contributed by atoms with van der Waals surface area (Å²) in [5.41, 5.74) is 0.683. The third-order valence-electron chi connectivity index (χ3n) is 2.34. The van der Waals surface area contributed by atoms with E-state index in [4.69, 9.17) is 27.9 Å². The summed E-state index contributed by atoms with van der Waals surface area (Å²) in [4.78, 5) is 15.7. The van der Waals surface area contributed by atoms with Crippen LogP contribution in [0.3, 0.4) is 0 Å². The molecule has 1 heterocycles. The van der Waals surface area contributed by atoms with Gasteiger partial charge in [-0.05, 0) is 25.1 Å². The summed E-state index contributed by atoms with van der Waals surface area (Å²) in [5.74, 6) is -0.0552. The number of aryl methyl sites for hydroxylation is 1. The maximum Gasteiger partial charge on any atom is 0.378 e. The Morgan fingerprint density at radius 2 is 1.95 bits per heavy atom. The highest BCUT2D eigenvalue weighted by molar-refractivity contribution is 6.35. The van der Waals surface area contributed by atoms with Crippen molar-refractivity contribution in [3.05, 3.63) is 34.1 Å². The van der Waals surface area contributed by atoms with Crippen molar-refractivity contribution in [3.63, 3.8) is 0 Å². The van der Waals surface area contributed by atoms with Gasteiger partial charge in [0.1, 0.15) is 0 Å². The number of rotatable bonds is 3. The van der Waals surface area contributed by atoms with Gasteiger partial charge in [0.15, 0.2) is 5.82 Å². The predicted octanol–water partition coefficient (Wildman–Crippen LogP) is 2.97. The molecule has 0 aliphatic carbocycles. The highest BCUT2D eigenvalue weighted by atomic mass is 35.5. The highest BCUT2D eigenvalue weighted by Gasteiger charge is 2.17. The second-order valence-electron chi connectivity index (χ2n) is 3.76. The Morgan fingerprint density at radius 1 is 1.32 bits per heavy atom. The molecule has 0 saturated carbocycles. The van der Waals surface area contributed by atoms with Gasteiger partial charge in [0.05, 0.1) is 6.61 Å². The first-order valence-electron chi connectivity index (χ1n) is 5.56. The molecule has 7 heteroatoms. The third kappa shape index (κ3) is 3.05. The first-order valence-corrected chi connectivity index (χ1v) is 6.31. The summed E-state index contributed by atoms with van der Waals surface area (Å²) < 4.78 is 6.33. The molecule has 1 aromatic heterocycles. The van der Waals surface area contributed by atoms with Gasteiger partial charge in [-0.15, -0.1) is 5.10 Å². The van der Waals surface area contributed by atoms with Crippen LogP contribution < -0.4 is 0 Å². The summed E-state index contributed by atoms with van der Waals surface area (Å²) in [6.07, 6.45) is 0. The van der Waals surface area contributed by atoms with Crippen LogP contribution in [0.1, 0.15) is 17.5 Å². The summed E-state index contributed by atoms with van der Waals surface area (Å²) in [5, 5.41) is 4.99. The Hall–Kier alpha value is -1.59. The normalized spacial score (nSPS) is 10.5. The fourth-order valence-corrected chi connectivity index (χ4v) is 2.13. The molecule has 0 N–H and O–H groups in total. The number of nitrogens with zero attached hydrogens (tertiary/aromatic N) is 3. The van der Waals surface area contributed by atoms with Crippen LogP contribution in [0.15, 0.2) is 18.2 Å². The van der Waals surface area contributed by atoms with E-state index in [0.29, 0.717) is 21.4 Å². The Labute approximate surface area is 120 Å². The van der Waals surface area contributed by atoms with Crippen molar-refractivity contribution >= 4 is 29.2 Å². The summed E-state index contributed by atoms with van der Waals surface area (Å²) in [6, 6.07) is 5.02. The number of ether oxygens (including phenoxy) is 1. The third-order valence-corrected chi connectivity index (χ3v) is 2.78. The molecule has 0 saturated heterocycles. The number of carbonyl (C=O) groups is 1. The number of halogens is 2. The van der Waals surface area contributed by atoms with E-state index in [-0.39, 0.29) is 12.4 Å². The number of hydrogen-bond acceptors (Lipinski definition) is 4. The van der Waals surface area contributed by atoms with Gasteiger partial charge >= 0.3 is 5.97 Å². The molecule has 0 radical (unpaired) electrons. The SMILES string of the molecule is CCOC(=O)c1nc(-c2cc(Cl)cc(Cl)c2)n(C)n1. The average molecular weight is 300 g/mol. The van der Waals surface area contributed by atoms with Crippen LogP contribution in [0, 0.1) is 0 Å². The average Bonchev–Trinajstić information content (AvgIpc) is 2.70. The minimum atomic E-state index is -0.558. The van der Waals surface area contributed by atoms with E-state index in [2.05, 4.69) is 10.1 Å². The van der Waals surface area contributed by atoms with Gasteiger partial charge in [0.2, 0.25) is 0 Å². The lowest BCUT2D eigenvalue weighted by Crippen LogP contribution is -2.07. The molecule has 100 valence electrons. The Balaban J connectivity index is 2.42. The van der Waals surface area contributed by atoms with E-state index in [1.165, 1.54) is 4.68 Å². The van der Waals surface area contributed by atoms with Crippen molar-refractivity contribution < 1.29 is 9.53 Å². The van der Waals surface area contributed by atoms with Crippen LogP contribution >= 0.6 is 23.2 Å². The molecular formula is C12H11Cl2N3O2. The van der Waals surface area contributed by atoms with Gasteiger partial charge in [0, 0.05) is 22.7 Å². The van der Waals surface area contributed by atoms with Gasteiger partial charge in [-0.3, -0.25) is 0 Å². The predicted molar refractivity (Wildman–Crippen MR) is 72.4 cm³/mol. The lowest BCUT2D eigenvalue weighted by Gasteiger charge is -2.01. The number of carbonyl (C=O) groups excluding carboxylic acids is 1. The lowest BCUT2D eigenvalue weighted by molar-refractivity contribution is 0.0512. The second kappa shape index (κ2) is 5.59. The van der Waals surface area contributed by atoms with Crippen LogP contribution in [0.25, 0.3) is 11.4 Å². The fourth-order valence-electron chi connectivity index (χ4n) is 1.60. The number of hydrogen-bond donors (Lipinski definition) is 0. The molecule has 0 amide bonds. The first-order chi connectivity index (χ1) is 9.01. The lowest BCUT2D eigenvalue weighted by atomic mass is 10.2. The van der Waals surface area contributed by atoms with Crippen molar-refractivity contribution in [1.29, 1.82) is 0 Å². The van der Waals surface area contributed by atoms with Gasteiger partial charge < -0.3 is 4.74 Å². The molecule has 1 aromatic carbocycles. The molecule has 0 bridgehead atoms. The first kappa shape index (κ1) is 13.8. The second-order valence-corrected chi connectivity index (χ2v) is 4.63. The monoisotopic (exact) mass is 299 g/mol. The molecule has 2 rings (SSSR count). The maximum atomic E-state index is 11.6. The van der Waals surface area contributed by atoms with Crippen LogP contribution in [0.4, 0.5) is 0 Å². The van der Waals surface area contributed by atoms with Crippen molar-refractivity contribution in [3.8, 4) is 11.4 Å². The molecule has 5 nitrogen and oxygen atoms in total. The van der Waals surface area contributed by atoms with E-state index in [1.54, 1.807) is 32.2 Å². The van der Waals surface area contributed by atoms with Gasteiger partial charge in [0.25, 0.3) is 5.82 Å². The summed E-state index contributed by atoms with van der Waals surface area (Å²) in [6.45, 7) is 1.99. The van der Waals surface area contributed by atoms with Crippen molar-refractivity contribution in [2.45, 2.75) is 6.92 Å². The largest absolute Gasteiger partial charge is 0.460 e. The van der Waals surface area contributed by atoms with Crippen molar-refractivity contribution in [2.75, 3.05) is 6.61 Å². The molecule has 0 aliphatic rings. The van der Waals surface area contributed by atoms with Crippen molar-refractivity contribution in [2.24, 2.45) is 7.05 Å². The van der Waals surface area contributed by atoms with Crippen LogP contribution in [0.5, 0.6) is 0 Å². The minimum absolute atomic E-state index is 0.00967. The van der Waals surface area contributed by atoms with Crippen molar-refractivity contribution in [1.82, 2.24) is 14.8 Å². The van der Waals surface area contributed by atoms with Crippen LogP contribution in [-0.2, 0) is 11.8 Å². The smallest absolute Gasteiger partial charge is 0.378 e. The molecule has 0 atom stereocenters. The molecule has 0 fully saturated rings. The quantitative estimate of drug-likeness (QED) is 0.818. The van der Waals surface area contributed by atoms with E-state index >= 15 is 0 Å². The molecule has 0 spiro atoms. The highest BCUT2D eigenvalue weighted by Crippen LogP contribution is 2.25. The zero-order chi connectivity index (χ0) is 14.0. The minimum Gasteiger partial charge on any atom is -0.460 e. The zero-order valence-electron chi connectivity index (χ0n) is 10.4. The fraction of sp³-hybridized carbons (Fsp3) is 0.250. The van der Waals surface area contributed by atoms with E-state index in [1.807, 2.05) is 0 Å². The van der Waals surface area contributed by atoms with Gasteiger partial charge in [-0.1, -0.05) is 23.2 Å². The molecule has 0 unspecified atom stereocenters. The Bertz CT molecular complexity index is 605. The molecule has 19 heavy (non-hydrogen) atoms. The molecule has 0 aliphatic heterocycles. The molecule has 2 aromatic rings. The number of aromatic nitrogens is 3. The Morgan fingerprint density at radius 3 is 2.53 bits per heavy atom. The maximum absolute atomic E-state index is 11.6. The zero-order valence-corrected chi connectivity index (χ0v) is 11.9. The molecular weight excluding hydrogens is 289 g/mol. The van der Waals surface area contributed by atoms with Gasteiger partial charge in [-0.25, -0.2) is 14.5 Å².